The number of fused-ring (bicyclic) bond motifs is 1. The summed E-state index contributed by atoms with van der Waals surface area (Å²) in [6.45, 7) is 7.80. The molecule has 136 valence electrons. The molecule has 1 atom stereocenters. The molecule has 0 spiro atoms. The molecule has 1 amide bonds. The van der Waals surface area contributed by atoms with Crippen LogP contribution >= 0.6 is 0 Å². The molecule has 0 radical (unpaired) electrons. The van der Waals surface area contributed by atoms with Crippen molar-refractivity contribution in [1.29, 1.82) is 0 Å². The van der Waals surface area contributed by atoms with Gasteiger partial charge in [0.2, 0.25) is 0 Å². The van der Waals surface area contributed by atoms with Crippen molar-refractivity contribution in [2.24, 2.45) is 0 Å². The Balaban J connectivity index is 2.09. The zero-order valence-corrected chi connectivity index (χ0v) is 15.4. The highest BCUT2D eigenvalue weighted by Gasteiger charge is 2.28. The number of anilines is 1. The Kier molecular flexibility index (Phi) is 4.88. The summed E-state index contributed by atoms with van der Waals surface area (Å²) in [5.41, 5.74) is 1.21. The number of nitrogens with zero attached hydrogens (tertiary/aromatic N) is 4. The minimum atomic E-state index is -0.706. The molecule has 0 aliphatic rings. The van der Waals surface area contributed by atoms with E-state index >= 15 is 0 Å². The normalized spacial score (nSPS) is 12.3. The third-order valence-corrected chi connectivity index (χ3v) is 4.51. The monoisotopic (exact) mass is 354 g/mol. The van der Waals surface area contributed by atoms with Crippen molar-refractivity contribution in [2.45, 2.75) is 40.2 Å². The van der Waals surface area contributed by atoms with Gasteiger partial charge in [-0.3, -0.25) is 9.59 Å². The Morgan fingerprint density at radius 2 is 1.92 bits per heavy atom. The van der Waals surface area contributed by atoms with Gasteiger partial charge in [-0.25, -0.2) is 4.68 Å². The lowest BCUT2D eigenvalue weighted by atomic mass is 10.1. The summed E-state index contributed by atoms with van der Waals surface area (Å²) < 4.78 is 6.39. The molecule has 0 N–H and O–H groups in total. The lowest BCUT2D eigenvalue weighted by molar-refractivity contribution is -0.122. The van der Waals surface area contributed by atoms with Gasteiger partial charge in [0.15, 0.2) is 5.52 Å². The molecule has 3 rings (SSSR count). The fourth-order valence-electron chi connectivity index (χ4n) is 3.23. The number of amides is 1. The van der Waals surface area contributed by atoms with Crippen LogP contribution in [0.4, 0.5) is 5.69 Å². The van der Waals surface area contributed by atoms with Crippen LogP contribution in [0.15, 0.2) is 39.6 Å². The maximum absolute atomic E-state index is 13.2. The average molecular weight is 354 g/mol. The second kappa shape index (κ2) is 7.11. The van der Waals surface area contributed by atoms with E-state index in [1.54, 1.807) is 18.7 Å². The molecule has 0 saturated carbocycles. The van der Waals surface area contributed by atoms with Crippen LogP contribution in [0.25, 0.3) is 10.9 Å². The highest BCUT2D eigenvalue weighted by molar-refractivity contribution is 5.96. The van der Waals surface area contributed by atoms with E-state index in [1.807, 2.05) is 44.2 Å². The summed E-state index contributed by atoms with van der Waals surface area (Å²) in [7, 11) is 0. The molecule has 7 nitrogen and oxygen atoms in total. The van der Waals surface area contributed by atoms with E-state index < -0.39 is 11.6 Å². The number of benzene rings is 1. The number of hydrogen-bond donors (Lipinski definition) is 0. The standard InChI is InChI=1S/C19H22N4O3/c1-5-15(18(24)22(6-2)14-10-8-7-9-11-14)23-19(25)17-16(12(3)20-23)13(4)26-21-17/h7-11,15H,5-6H2,1-4H3. The van der Waals surface area contributed by atoms with Crippen molar-refractivity contribution in [3.05, 3.63) is 52.1 Å². The second-order valence-electron chi connectivity index (χ2n) is 6.14. The first-order valence-corrected chi connectivity index (χ1v) is 8.71. The zero-order valence-electron chi connectivity index (χ0n) is 15.4. The number of carbonyl (C=O) groups excluding carboxylic acids is 1. The summed E-state index contributed by atoms with van der Waals surface area (Å²) in [5, 5.41) is 8.87. The van der Waals surface area contributed by atoms with Gasteiger partial charge in [-0.1, -0.05) is 30.3 Å². The smallest absolute Gasteiger partial charge is 0.297 e. The van der Waals surface area contributed by atoms with Crippen molar-refractivity contribution in [1.82, 2.24) is 14.9 Å². The number of hydrogen-bond acceptors (Lipinski definition) is 5. The molecular formula is C19H22N4O3. The lowest BCUT2D eigenvalue weighted by Crippen LogP contribution is -2.41. The van der Waals surface area contributed by atoms with E-state index in [0.717, 1.165) is 5.69 Å². The highest BCUT2D eigenvalue weighted by atomic mass is 16.5. The number of aryl methyl sites for hydroxylation is 2. The van der Waals surface area contributed by atoms with Gasteiger partial charge in [0, 0.05) is 12.2 Å². The van der Waals surface area contributed by atoms with Gasteiger partial charge in [0.25, 0.3) is 11.5 Å². The summed E-state index contributed by atoms with van der Waals surface area (Å²) in [5.74, 6) is 0.378. The van der Waals surface area contributed by atoms with E-state index in [9.17, 15) is 9.59 Å². The highest BCUT2D eigenvalue weighted by Crippen LogP contribution is 2.22. The number of likely N-dealkylation sites (N-methyl/N-ethyl adjacent to an activating group) is 1. The lowest BCUT2D eigenvalue weighted by Gasteiger charge is -2.26. The number of aromatic nitrogens is 3. The van der Waals surface area contributed by atoms with E-state index in [2.05, 4.69) is 10.3 Å². The number of rotatable bonds is 5. The molecule has 0 aliphatic heterocycles. The van der Waals surface area contributed by atoms with Gasteiger partial charge in [-0.2, -0.15) is 5.10 Å². The van der Waals surface area contributed by atoms with Crippen LogP contribution in [0.1, 0.15) is 37.8 Å². The Labute approximate surface area is 151 Å². The first kappa shape index (κ1) is 17.8. The maximum atomic E-state index is 13.2. The summed E-state index contributed by atoms with van der Waals surface area (Å²) in [4.78, 5) is 27.7. The molecule has 1 aromatic carbocycles. The van der Waals surface area contributed by atoms with Crippen LogP contribution in [0.5, 0.6) is 0 Å². The Morgan fingerprint density at radius 3 is 2.54 bits per heavy atom. The third kappa shape index (κ3) is 2.89. The molecule has 0 aliphatic carbocycles. The van der Waals surface area contributed by atoms with Crippen LogP contribution in [0.3, 0.4) is 0 Å². The Bertz CT molecular complexity index is 991. The van der Waals surface area contributed by atoms with Crippen molar-refractivity contribution in [3.8, 4) is 0 Å². The zero-order chi connectivity index (χ0) is 18.8. The molecule has 26 heavy (non-hydrogen) atoms. The van der Waals surface area contributed by atoms with E-state index in [1.165, 1.54) is 4.68 Å². The van der Waals surface area contributed by atoms with Crippen LogP contribution in [0, 0.1) is 13.8 Å². The third-order valence-electron chi connectivity index (χ3n) is 4.51. The molecule has 2 heterocycles. The van der Waals surface area contributed by atoms with Crippen molar-refractivity contribution in [2.75, 3.05) is 11.4 Å². The minimum absolute atomic E-state index is 0.172. The predicted molar refractivity (Wildman–Crippen MR) is 99.3 cm³/mol. The average Bonchev–Trinajstić information content (AvgIpc) is 3.04. The fourth-order valence-corrected chi connectivity index (χ4v) is 3.23. The van der Waals surface area contributed by atoms with Gasteiger partial charge in [0.1, 0.15) is 11.8 Å². The SMILES string of the molecule is CCC(C(=O)N(CC)c1ccccc1)n1nc(C)c2c(C)onc2c1=O. The van der Waals surface area contributed by atoms with Gasteiger partial charge in [-0.15, -0.1) is 0 Å². The molecule has 0 saturated heterocycles. The quantitative estimate of drug-likeness (QED) is 0.703. The number of carbonyl (C=O) groups is 1. The van der Waals surface area contributed by atoms with Gasteiger partial charge < -0.3 is 9.42 Å². The van der Waals surface area contributed by atoms with Crippen LogP contribution in [0.2, 0.25) is 0 Å². The summed E-state index contributed by atoms with van der Waals surface area (Å²) in [6.07, 6.45) is 0.441. The van der Waals surface area contributed by atoms with Crippen LogP contribution < -0.4 is 10.5 Å². The van der Waals surface area contributed by atoms with Gasteiger partial charge in [0.05, 0.1) is 11.1 Å². The summed E-state index contributed by atoms with van der Waals surface area (Å²) >= 11 is 0. The minimum Gasteiger partial charge on any atom is -0.360 e. The van der Waals surface area contributed by atoms with Gasteiger partial charge >= 0.3 is 0 Å². The van der Waals surface area contributed by atoms with Crippen molar-refractivity contribution < 1.29 is 9.32 Å². The maximum Gasteiger partial charge on any atom is 0.297 e. The van der Waals surface area contributed by atoms with E-state index in [4.69, 9.17) is 4.52 Å². The first-order chi connectivity index (χ1) is 12.5. The molecule has 0 bridgehead atoms. The molecule has 3 aromatic rings. The van der Waals surface area contributed by atoms with E-state index in [-0.39, 0.29) is 11.4 Å². The topological polar surface area (TPSA) is 81.2 Å². The van der Waals surface area contributed by atoms with Crippen LogP contribution in [-0.4, -0.2) is 27.4 Å². The number of para-hydroxylation sites is 1. The molecular weight excluding hydrogens is 332 g/mol. The summed E-state index contributed by atoms with van der Waals surface area (Å²) in [6, 6.07) is 8.70. The van der Waals surface area contributed by atoms with Crippen molar-refractivity contribution in [3.63, 3.8) is 0 Å². The van der Waals surface area contributed by atoms with Gasteiger partial charge in [-0.05, 0) is 39.3 Å². The second-order valence-corrected chi connectivity index (χ2v) is 6.14. The van der Waals surface area contributed by atoms with Crippen molar-refractivity contribution >= 4 is 22.5 Å². The Morgan fingerprint density at radius 1 is 1.23 bits per heavy atom. The molecule has 7 heteroatoms. The van der Waals surface area contributed by atoms with Crippen LogP contribution in [-0.2, 0) is 4.79 Å². The first-order valence-electron chi connectivity index (χ1n) is 8.71. The fraction of sp³-hybridized carbons (Fsp3) is 0.368. The molecule has 1 unspecified atom stereocenters. The molecule has 0 fully saturated rings. The molecule has 2 aromatic heterocycles. The predicted octanol–water partition coefficient (Wildman–Crippen LogP) is 3.01. The largest absolute Gasteiger partial charge is 0.360 e. The Hall–Kier alpha value is -2.96. The van der Waals surface area contributed by atoms with E-state index in [0.29, 0.717) is 29.8 Å².